The highest BCUT2D eigenvalue weighted by atomic mass is 19.4. The monoisotopic (exact) mass is 688 g/mol. The quantitative estimate of drug-likeness (QED) is 0.133. The van der Waals surface area contributed by atoms with E-state index in [1.807, 2.05) is 13.8 Å². The Labute approximate surface area is 275 Å². The van der Waals surface area contributed by atoms with Crippen LogP contribution in [0.1, 0.15) is 95.2 Å². The molecule has 1 aliphatic heterocycles. The van der Waals surface area contributed by atoms with E-state index >= 15 is 0 Å². The van der Waals surface area contributed by atoms with Gasteiger partial charge in [0.05, 0.1) is 23.5 Å². The number of hydrogen-bond donors (Lipinski definition) is 0. The number of hydrogen-bond acceptors (Lipinski definition) is 8. The summed E-state index contributed by atoms with van der Waals surface area (Å²) in [5.41, 5.74) is -3.05. The van der Waals surface area contributed by atoms with E-state index in [1.165, 1.54) is 19.3 Å². The number of alkyl halides is 6. The molecule has 4 rings (SSSR count). The Balaban J connectivity index is 1.66. The van der Waals surface area contributed by atoms with Crippen molar-refractivity contribution >= 4 is 18.0 Å². The van der Waals surface area contributed by atoms with E-state index in [0.717, 1.165) is 32.1 Å². The Kier molecular flexibility index (Phi) is 12.4. The molecule has 1 amide bonds. The fourth-order valence-electron chi connectivity index (χ4n) is 6.46. The summed E-state index contributed by atoms with van der Waals surface area (Å²) in [4.78, 5) is 36.6. The maximum absolute atomic E-state index is 13.8. The molecule has 0 radical (unpaired) electrons. The Morgan fingerprint density at radius 2 is 1.44 bits per heavy atom. The van der Waals surface area contributed by atoms with Gasteiger partial charge in [0.1, 0.15) is 19.3 Å². The number of carbonyl (C=O) groups excluding carboxylic acids is 2. The highest BCUT2D eigenvalue weighted by Gasteiger charge is 2.42. The minimum Gasteiger partial charge on any atom is -0.487 e. The minimum absolute atomic E-state index is 0.0150. The smallest absolute Gasteiger partial charge is 0.416 e. The lowest BCUT2D eigenvalue weighted by molar-refractivity contribution is -0.143. The summed E-state index contributed by atoms with van der Waals surface area (Å²) in [6.07, 6.45) is -1.36. The normalized spacial score (nSPS) is 20.7. The Bertz CT molecular complexity index is 1320. The number of nitrogens with zero attached hydrogens (tertiary/aromatic N) is 4. The molecule has 0 N–H and O–H groups in total. The van der Waals surface area contributed by atoms with Gasteiger partial charge < -0.3 is 24.0 Å². The predicted molar refractivity (Wildman–Crippen MR) is 163 cm³/mol. The molecule has 1 aromatic carbocycles. The molecule has 1 aliphatic carbocycles. The lowest BCUT2D eigenvalue weighted by atomic mass is 9.87. The fraction of sp³-hybridized carbons (Fsp3) is 0.636. The molecule has 1 aromatic heterocycles. The average Bonchev–Trinajstić information content (AvgIpc) is 3.04. The molecule has 2 fully saturated rings. The van der Waals surface area contributed by atoms with Crippen LogP contribution in [-0.2, 0) is 33.2 Å². The van der Waals surface area contributed by atoms with Crippen LogP contribution in [0.4, 0.5) is 37.1 Å². The molecule has 48 heavy (non-hydrogen) atoms. The van der Waals surface area contributed by atoms with Crippen molar-refractivity contribution < 1.29 is 50.1 Å². The second-order valence-corrected chi connectivity index (χ2v) is 12.2. The molecule has 1 saturated heterocycles. The molecule has 3 atom stereocenters. The van der Waals surface area contributed by atoms with Gasteiger partial charge in [0.2, 0.25) is 5.95 Å². The number of aromatic nitrogens is 2. The highest BCUT2D eigenvalue weighted by Crippen LogP contribution is 2.38. The molecular weight excluding hydrogens is 646 g/mol. The van der Waals surface area contributed by atoms with Crippen LogP contribution < -0.4 is 9.64 Å². The van der Waals surface area contributed by atoms with Crippen LogP contribution in [0.15, 0.2) is 30.6 Å². The molecule has 2 aromatic rings. The summed E-state index contributed by atoms with van der Waals surface area (Å²) in [5, 5.41) is 0. The van der Waals surface area contributed by atoms with Crippen molar-refractivity contribution in [2.24, 2.45) is 0 Å². The van der Waals surface area contributed by atoms with E-state index in [-0.39, 0.29) is 61.3 Å². The third kappa shape index (κ3) is 9.88. The largest absolute Gasteiger partial charge is 0.487 e. The van der Waals surface area contributed by atoms with Crippen LogP contribution in [-0.4, -0.2) is 64.4 Å². The first-order valence-electron chi connectivity index (χ1n) is 16.3. The third-order valence-electron chi connectivity index (χ3n) is 8.82. The zero-order valence-corrected chi connectivity index (χ0v) is 27.3. The van der Waals surface area contributed by atoms with Crippen LogP contribution in [0.25, 0.3) is 0 Å². The van der Waals surface area contributed by atoms with E-state index in [0.29, 0.717) is 37.8 Å². The van der Waals surface area contributed by atoms with Gasteiger partial charge in [0.15, 0.2) is 5.75 Å². The summed E-state index contributed by atoms with van der Waals surface area (Å²) >= 11 is 0. The van der Waals surface area contributed by atoms with Crippen LogP contribution >= 0.6 is 0 Å². The number of carbonyl (C=O) groups is 2. The van der Waals surface area contributed by atoms with Gasteiger partial charge in [-0.05, 0) is 75.1 Å². The Morgan fingerprint density at radius 1 is 0.875 bits per heavy atom. The first kappa shape index (κ1) is 37.0. The Morgan fingerprint density at radius 3 is 1.94 bits per heavy atom. The third-order valence-corrected chi connectivity index (χ3v) is 8.82. The van der Waals surface area contributed by atoms with Crippen LogP contribution in [0.2, 0.25) is 0 Å². The first-order valence-corrected chi connectivity index (χ1v) is 16.3. The molecule has 9 nitrogen and oxygen atoms in total. The topological polar surface area (TPSA) is 94.1 Å². The van der Waals surface area contributed by atoms with Crippen molar-refractivity contribution in [1.82, 2.24) is 14.9 Å². The van der Waals surface area contributed by atoms with Gasteiger partial charge in [0.25, 0.3) is 0 Å². The van der Waals surface area contributed by atoms with E-state index in [2.05, 4.69) is 9.97 Å². The second-order valence-electron chi connectivity index (χ2n) is 12.2. The van der Waals surface area contributed by atoms with Crippen LogP contribution in [0, 0.1) is 0 Å². The first-order chi connectivity index (χ1) is 22.7. The van der Waals surface area contributed by atoms with Crippen molar-refractivity contribution in [1.29, 1.82) is 0 Å². The van der Waals surface area contributed by atoms with Gasteiger partial charge in [-0.3, -0.25) is 4.79 Å². The number of ether oxygens (including phenoxy) is 3. The molecule has 2 heterocycles. The van der Waals surface area contributed by atoms with Gasteiger partial charge in [-0.2, -0.15) is 26.3 Å². The van der Waals surface area contributed by atoms with Crippen LogP contribution in [0.3, 0.4) is 0 Å². The number of benzene rings is 1. The second kappa shape index (κ2) is 16.1. The van der Waals surface area contributed by atoms with E-state index in [4.69, 9.17) is 14.2 Å². The fourth-order valence-corrected chi connectivity index (χ4v) is 6.46. The van der Waals surface area contributed by atoms with E-state index < -0.39 is 41.6 Å². The molecule has 0 unspecified atom stereocenters. The van der Waals surface area contributed by atoms with Crippen molar-refractivity contribution in [3.63, 3.8) is 0 Å². The summed E-state index contributed by atoms with van der Waals surface area (Å²) in [6.45, 7) is 4.74. The van der Waals surface area contributed by atoms with Crippen molar-refractivity contribution in [2.75, 3.05) is 18.1 Å². The molecule has 1 saturated carbocycles. The zero-order valence-electron chi connectivity index (χ0n) is 27.3. The predicted octanol–water partition coefficient (Wildman–Crippen LogP) is 7.95. The van der Waals surface area contributed by atoms with Gasteiger partial charge in [-0.15, -0.1) is 0 Å². The number of likely N-dealkylation sites (tertiary alicyclic amines) is 1. The summed E-state index contributed by atoms with van der Waals surface area (Å²) in [6, 6.07) is 0.466. The summed E-state index contributed by atoms with van der Waals surface area (Å²) < 4.78 is 98.8. The number of halogens is 6. The van der Waals surface area contributed by atoms with Crippen molar-refractivity contribution in [3.05, 3.63) is 47.3 Å². The molecular formula is C33H42F6N4O5. The van der Waals surface area contributed by atoms with Crippen molar-refractivity contribution in [2.45, 2.75) is 122 Å². The van der Waals surface area contributed by atoms with Crippen molar-refractivity contribution in [3.8, 4) is 5.75 Å². The number of esters is 1. The summed E-state index contributed by atoms with van der Waals surface area (Å²) in [7, 11) is 0. The SMILES string of the molecule is CC[C@@H]1C[C@H](N(Cc2cc(C(F)(F)F)cc(C(F)(F)F)c2)c2ncc(OCCOC(C)=O)cn2)C[C@H](CC)N1C(=O)OC1CCCCC1. The minimum atomic E-state index is -5.01. The highest BCUT2D eigenvalue weighted by molar-refractivity contribution is 5.69. The number of anilines is 1. The zero-order chi connectivity index (χ0) is 35.1. The number of amides is 1. The molecule has 0 spiro atoms. The maximum Gasteiger partial charge on any atom is 0.416 e. The van der Waals surface area contributed by atoms with Crippen LogP contribution in [0.5, 0.6) is 5.75 Å². The number of rotatable bonds is 11. The van der Waals surface area contributed by atoms with E-state index in [9.17, 15) is 35.9 Å². The molecule has 15 heteroatoms. The number of piperidine rings is 1. The van der Waals surface area contributed by atoms with Gasteiger partial charge in [-0.25, -0.2) is 14.8 Å². The Hall–Kier alpha value is -3.78. The van der Waals surface area contributed by atoms with Gasteiger partial charge in [-0.1, -0.05) is 20.3 Å². The lowest BCUT2D eigenvalue weighted by Gasteiger charge is -2.47. The average molecular weight is 689 g/mol. The maximum atomic E-state index is 13.8. The van der Waals surface area contributed by atoms with Gasteiger partial charge in [0, 0.05) is 31.6 Å². The van der Waals surface area contributed by atoms with Gasteiger partial charge >= 0.3 is 24.4 Å². The molecule has 0 bridgehead atoms. The van der Waals surface area contributed by atoms with E-state index in [1.54, 1.807) is 9.80 Å². The summed E-state index contributed by atoms with van der Waals surface area (Å²) in [5.74, 6) is -0.183. The standard InChI is InChI=1S/C33H42F6N4O5/c1-4-25-16-27(17-26(5-2)43(25)31(45)48-28-9-7-6-8-10-28)42(30-40-18-29(19-41-30)47-12-11-46-21(3)44)20-22-13-23(32(34,35)36)15-24(14-22)33(37,38)39/h13-15,18-19,25-28H,4-12,16-17,20H2,1-3H3/t25-,26+,27+. The molecule has 2 aliphatic rings. The lowest BCUT2D eigenvalue weighted by Crippen LogP contribution is -2.57. The molecule has 266 valence electrons.